The first-order chi connectivity index (χ1) is 18.8. The topological polar surface area (TPSA) is 114 Å². The van der Waals surface area contributed by atoms with Gasteiger partial charge in [0.2, 0.25) is 0 Å². The van der Waals surface area contributed by atoms with Gasteiger partial charge in [-0.05, 0) is 58.9 Å². The summed E-state index contributed by atoms with van der Waals surface area (Å²) >= 11 is 6.70. The zero-order chi connectivity index (χ0) is 27.3. The zero-order valence-electron chi connectivity index (χ0n) is 22.5. The predicted molar refractivity (Wildman–Crippen MR) is 148 cm³/mol. The van der Waals surface area contributed by atoms with Gasteiger partial charge in [0, 0.05) is 29.8 Å². The van der Waals surface area contributed by atoms with E-state index in [0.717, 1.165) is 41.4 Å². The Labute approximate surface area is 232 Å². The van der Waals surface area contributed by atoms with Crippen LogP contribution in [0.2, 0.25) is 5.02 Å². The van der Waals surface area contributed by atoms with Crippen LogP contribution in [0.15, 0.2) is 28.9 Å². The minimum atomic E-state index is -0.633. The number of aryl methyl sites for hydroxylation is 2. The Balaban J connectivity index is 1.42. The molecule has 1 aromatic carbocycles. The maximum atomic E-state index is 10.1. The van der Waals surface area contributed by atoms with Crippen molar-refractivity contribution in [1.82, 2.24) is 30.2 Å². The van der Waals surface area contributed by atoms with Gasteiger partial charge in [0.15, 0.2) is 5.82 Å². The third-order valence-electron chi connectivity index (χ3n) is 7.33. The van der Waals surface area contributed by atoms with Crippen molar-refractivity contribution in [2.24, 2.45) is 0 Å². The average molecular weight is 550 g/mol. The predicted octanol–water partition coefficient (Wildman–Crippen LogP) is 4.39. The number of benzene rings is 1. The molecule has 4 aromatic rings. The molecule has 2 aliphatic rings. The van der Waals surface area contributed by atoms with Crippen LogP contribution >= 0.6 is 11.6 Å². The van der Waals surface area contributed by atoms with Gasteiger partial charge in [0.25, 0.3) is 0 Å². The fraction of sp³-hybridized carbons (Fsp3) is 0.429. The van der Waals surface area contributed by atoms with E-state index in [0.29, 0.717) is 40.5 Å². The van der Waals surface area contributed by atoms with E-state index in [-0.39, 0.29) is 6.61 Å². The van der Waals surface area contributed by atoms with Crippen molar-refractivity contribution in [1.29, 1.82) is 0 Å². The van der Waals surface area contributed by atoms with E-state index in [4.69, 9.17) is 30.8 Å². The average Bonchev–Trinajstić information content (AvgIpc) is 3.41. The molecule has 1 saturated carbocycles. The summed E-state index contributed by atoms with van der Waals surface area (Å²) in [5.41, 5.74) is 6.46. The van der Waals surface area contributed by atoms with Crippen LogP contribution in [-0.4, -0.2) is 56.3 Å². The SMILES string of the molecule is CNCC(O)COc1ccc(Cl)c(-c2nc(-c3c(C)noc3C)c(C)c(N3Cc4cnn(C5CC5)c4C3)n2)c1. The van der Waals surface area contributed by atoms with Crippen LogP contribution in [0.3, 0.4) is 0 Å². The molecule has 1 atom stereocenters. The highest BCUT2D eigenvalue weighted by molar-refractivity contribution is 6.33. The molecule has 0 bridgehead atoms. The number of hydrogen-bond acceptors (Lipinski definition) is 9. The fourth-order valence-corrected chi connectivity index (χ4v) is 5.41. The molecule has 6 rings (SSSR count). The highest BCUT2D eigenvalue weighted by atomic mass is 35.5. The van der Waals surface area contributed by atoms with E-state index in [1.54, 1.807) is 19.2 Å². The normalized spacial score (nSPS) is 15.6. The standard InChI is InChI=1S/C28H32ClN7O3/c1-15-26(25-16(2)34-39-17(25)3)32-27(22-9-21(7-8-23(22)29)38-14-20(37)11-30-4)33-28(15)35-12-18-10-31-36(19-5-6-19)24(18)13-35/h7-10,19-20,30,37H,5-6,11-14H2,1-4H3. The number of ether oxygens (including phenoxy) is 1. The number of hydrogen-bond donors (Lipinski definition) is 2. The summed E-state index contributed by atoms with van der Waals surface area (Å²) < 4.78 is 13.5. The number of fused-ring (bicyclic) bond motifs is 1. The molecule has 0 radical (unpaired) electrons. The lowest BCUT2D eigenvalue weighted by molar-refractivity contribution is 0.108. The van der Waals surface area contributed by atoms with Crippen LogP contribution in [0.4, 0.5) is 5.82 Å². The number of nitrogens with zero attached hydrogens (tertiary/aromatic N) is 6. The number of aliphatic hydroxyl groups is 1. The summed E-state index contributed by atoms with van der Waals surface area (Å²) in [6.45, 7) is 7.88. The van der Waals surface area contributed by atoms with E-state index in [1.165, 1.54) is 24.1 Å². The largest absolute Gasteiger partial charge is 0.491 e. The Hall–Kier alpha value is -3.47. The van der Waals surface area contributed by atoms with Gasteiger partial charge >= 0.3 is 0 Å². The molecule has 0 spiro atoms. The van der Waals surface area contributed by atoms with Crippen molar-refractivity contribution in [3.63, 3.8) is 0 Å². The van der Waals surface area contributed by atoms with Crippen molar-refractivity contribution in [3.8, 4) is 28.4 Å². The van der Waals surface area contributed by atoms with Gasteiger partial charge in [-0.15, -0.1) is 0 Å². The van der Waals surface area contributed by atoms with Gasteiger partial charge in [-0.3, -0.25) is 4.68 Å². The van der Waals surface area contributed by atoms with Crippen LogP contribution in [-0.2, 0) is 13.1 Å². The second-order valence-electron chi connectivity index (χ2n) is 10.4. The smallest absolute Gasteiger partial charge is 0.163 e. The summed E-state index contributed by atoms with van der Waals surface area (Å²) in [7, 11) is 1.79. The molecule has 4 heterocycles. The minimum absolute atomic E-state index is 0.149. The second kappa shape index (κ2) is 10.3. The first-order valence-corrected chi connectivity index (χ1v) is 13.6. The summed E-state index contributed by atoms with van der Waals surface area (Å²) in [5.74, 6) is 2.59. The van der Waals surface area contributed by atoms with Gasteiger partial charge in [-0.1, -0.05) is 16.8 Å². The van der Waals surface area contributed by atoms with Crippen molar-refractivity contribution >= 4 is 17.4 Å². The maximum Gasteiger partial charge on any atom is 0.163 e. The summed E-state index contributed by atoms with van der Waals surface area (Å²) in [6, 6.07) is 5.89. The molecule has 39 heavy (non-hydrogen) atoms. The molecular weight excluding hydrogens is 518 g/mol. The molecule has 204 valence electrons. The molecule has 1 aliphatic carbocycles. The van der Waals surface area contributed by atoms with Crippen molar-refractivity contribution in [2.45, 2.75) is 58.8 Å². The Kier molecular flexibility index (Phi) is 6.78. The third kappa shape index (κ3) is 4.88. The van der Waals surface area contributed by atoms with Gasteiger partial charge in [-0.2, -0.15) is 5.10 Å². The first kappa shape index (κ1) is 25.8. The Morgan fingerprint density at radius 3 is 2.74 bits per heavy atom. The second-order valence-corrected chi connectivity index (χ2v) is 10.8. The Morgan fingerprint density at radius 1 is 1.21 bits per heavy atom. The van der Waals surface area contributed by atoms with Crippen LogP contribution in [0.1, 0.15) is 47.2 Å². The molecule has 10 nitrogen and oxygen atoms in total. The van der Waals surface area contributed by atoms with Crippen LogP contribution in [0.5, 0.6) is 5.75 Å². The van der Waals surface area contributed by atoms with Crippen LogP contribution < -0.4 is 15.0 Å². The molecular formula is C28H32ClN7O3. The summed E-state index contributed by atoms with van der Waals surface area (Å²) in [5, 5.41) is 22.4. The van der Waals surface area contributed by atoms with Gasteiger partial charge in [-0.25, -0.2) is 9.97 Å². The zero-order valence-corrected chi connectivity index (χ0v) is 23.3. The van der Waals surface area contributed by atoms with E-state index in [9.17, 15) is 5.11 Å². The number of likely N-dealkylation sites (N-methyl/N-ethyl adjacent to an activating group) is 1. The lowest BCUT2D eigenvalue weighted by atomic mass is 10.0. The fourth-order valence-electron chi connectivity index (χ4n) is 5.21. The molecule has 3 aromatic heterocycles. The quantitative estimate of drug-likeness (QED) is 0.314. The Bertz CT molecular complexity index is 1510. The van der Waals surface area contributed by atoms with Gasteiger partial charge < -0.3 is 24.6 Å². The highest BCUT2D eigenvalue weighted by Crippen LogP contribution is 2.41. The van der Waals surface area contributed by atoms with Crippen molar-refractivity contribution < 1.29 is 14.4 Å². The monoisotopic (exact) mass is 549 g/mol. The molecule has 11 heteroatoms. The maximum absolute atomic E-state index is 10.1. The van der Waals surface area contributed by atoms with E-state index in [1.807, 2.05) is 33.0 Å². The van der Waals surface area contributed by atoms with Crippen LogP contribution in [0.25, 0.3) is 22.6 Å². The van der Waals surface area contributed by atoms with Crippen LogP contribution in [0, 0.1) is 20.8 Å². The Morgan fingerprint density at radius 2 is 2.03 bits per heavy atom. The highest BCUT2D eigenvalue weighted by Gasteiger charge is 2.33. The lowest BCUT2D eigenvalue weighted by Crippen LogP contribution is -2.29. The minimum Gasteiger partial charge on any atom is -0.491 e. The number of anilines is 1. The molecule has 2 N–H and O–H groups in total. The number of aliphatic hydroxyl groups excluding tert-OH is 1. The lowest BCUT2D eigenvalue weighted by Gasteiger charge is -2.22. The molecule has 0 saturated heterocycles. The number of rotatable bonds is 9. The van der Waals surface area contributed by atoms with Gasteiger partial charge in [0.05, 0.1) is 46.5 Å². The summed E-state index contributed by atoms with van der Waals surface area (Å²) in [4.78, 5) is 12.3. The van der Waals surface area contributed by atoms with Gasteiger partial charge in [0.1, 0.15) is 30.0 Å². The van der Waals surface area contributed by atoms with E-state index >= 15 is 0 Å². The van der Waals surface area contributed by atoms with Crippen molar-refractivity contribution in [3.05, 3.63) is 57.7 Å². The number of halogens is 1. The molecule has 1 fully saturated rings. The first-order valence-electron chi connectivity index (χ1n) is 13.2. The number of nitrogens with one attached hydrogen (secondary N) is 1. The van der Waals surface area contributed by atoms with Crippen molar-refractivity contribution in [2.75, 3.05) is 25.1 Å². The molecule has 1 unspecified atom stereocenters. The van der Waals surface area contributed by atoms with E-state index in [2.05, 4.69) is 25.2 Å². The number of aromatic nitrogens is 5. The van der Waals surface area contributed by atoms with E-state index < -0.39 is 6.10 Å². The summed E-state index contributed by atoms with van der Waals surface area (Å²) in [6.07, 6.45) is 3.72. The molecule has 1 aliphatic heterocycles. The molecule has 0 amide bonds. The third-order valence-corrected chi connectivity index (χ3v) is 7.66.